The number of unbranched alkanes of at least 4 members (excludes halogenated alkanes) is 36. The van der Waals surface area contributed by atoms with E-state index in [1.54, 1.807) is 0 Å². The minimum Gasteiger partial charge on any atom is -0.462 e. The minimum absolute atomic E-state index is 0.0852. The van der Waals surface area contributed by atoms with Gasteiger partial charge in [-0.05, 0) is 57.8 Å². The van der Waals surface area contributed by atoms with E-state index in [9.17, 15) is 14.4 Å². The van der Waals surface area contributed by atoms with Gasteiger partial charge >= 0.3 is 17.9 Å². The third kappa shape index (κ3) is 56.2. The molecule has 0 aromatic rings. The van der Waals surface area contributed by atoms with E-state index in [-0.39, 0.29) is 37.5 Å². The van der Waals surface area contributed by atoms with Crippen molar-refractivity contribution in [2.24, 2.45) is 0 Å². The van der Waals surface area contributed by atoms with Crippen molar-refractivity contribution in [2.75, 3.05) is 13.2 Å². The standard InChI is InChI=1S/C63H114O6/c1-4-7-10-13-16-19-22-25-28-31-34-37-40-43-46-49-52-55-61(64)67-58-60(69-63(66)57-54-51-48-45-42-39-36-33-30-27-24-21-18-15-12-9-6-3)59-68-62(65)56-53-50-47-44-41-38-35-32-29-26-23-20-17-14-11-8-5-2/h16,19,25,28,34,37,43,46,60H,4-15,17-18,20-24,26-27,29-33,35-36,38-42,44-45,47-59H2,1-3H3/b19-16+,28-25+,37-34+,46-43+/t60-/m0/s1. The summed E-state index contributed by atoms with van der Waals surface area (Å²) in [6.07, 6.45) is 71.1. The number of allylic oxidation sites excluding steroid dienone is 8. The van der Waals surface area contributed by atoms with Crippen LogP contribution in [0.5, 0.6) is 0 Å². The van der Waals surface area contributed by atoms with Crippen molar-refractivity contribution in [3.8, 4) is 0 Å². The summed E-state index contributed by atoms with van der Waals surface area (Å²) in [7, 11) is 0. The first-order chi connectivity index (χ1) is 34.0. The predicted molar refractivity (Wildman–Crippen MR) is 298 cm³/mol. The third-order valence-electron chi connectivity index (χ3n) is 13.3. The van der Waals surface area contributed by atoms with Gasteiger partial charge in [-0.1, -0.05) is 288 Å². The highest BCUT2D eigenvalue weighted by Crippen LogP contribution is 2.17. The summed E-state index contributed by atoms with van der Waals surface area (Å²) in [4.78, 5) is 38.2. The molecule has 0 fully saturated rings. The van der Waals surface area contributed by atoms with Crippen LogP contribution in [-0.2, 0) is 28.6 Å². The van der Waals surface area contributed by atoms with Crippen LogP contribution in [0.15, 0.2) is 48.6 Å². The highest BCUT2D eigenvalue weighted by atomic mass is 16.6. The van der Waals surface area contributed by atoms with E-state index in [4.69, 9.17) is 14.2 Å². The molecule has 0 amide bonds. The number of ether oxygens (including phenoxy) is 3. The van der Waals surface area contributed by atoms with E-state index in [1.165, 1.54) is 205 Å². The first-order valence-electron chi connectivity index (χ1n) is 30.1. The van der Waals surface area contributed by atoms with Gasteiger partial charge in [-0.15, -0.1) is 0 Å². The van der Waals surface area contributed by atoms with E-state index < -0.39 is 6.10 Å². The number of rotatable bonds is 55. The van der Waals surface area contributed by atoms with Gasteiger partial charge in [0.2, 0.25) is 0 Å². The van der Waals surface area contributed by atoms with Gasteiger partial charge in [0.1, 0.15) is 13.2 Å². The van der Waals surface area contributed by atoms with Crippen molar-refractivity contribution in [3.63, 3.8) is 0 Å². The van der Waals surface area contributed by atoms with Gasteiger partial charge in [0, 0.05) is 19.3 Å². The molecule has 0 aromatic heterocycles. The molecule has 0 heterocycles. The normalized spacial score (nSPS) is 12.3. The summed E-state index contributed by atoms with van der Waals surface area (Å²) in [5, 5.41) is 0. The highest BCUT2D eigenvalue weighted by Gasteiger charge is 2.19. The lowest BCUT2D eigenvalue weighted by Gasteiger charge is -2.18. The van der Waals surface area contributed by atoms with Gasteiger partial charge in [-0.2, -0.15) is 0 Å². The maximum atomic E-state index is 12.9. The predicted octanol–water partition coefficient (Wildman–Crippen LogP) is 20.2. The van der Waals surface area contributed by atoms with Crippen molar-refractivity contribution in [2.45, 2.75) is 322 Å². The lowest BCUT2D eigenvalue weighted by molar-refractivity contribution is -0.167. The number of esters is 3. The molecule has 0 unspecified atom stereocenters. The average molecular weight is 968 g/mol. The molecule has 0 rings (SSSR count). The quantitative estimate of drug-likeness (QED) is 0.0262. The van der Waals surface area contributed by atoms with Crippen molar-refractivity contribution >= 4 is 17.9 Å². The second-order valence-electron chi connectivity index (χ2n) is 20.3. The van der Waals surface area contributed by atoms with Crippen molar-refractivity contribution < 1.29 is 28.6 Å². The summed E-state index contributed by atoms with van der Waals surface area (Å²) in [6.45, 7) is 6.62. The number of carbonyl (C=O) groups excluding carboxylic acids is 3. The summed E-state index contributed by atoms with van der Waals surface area (Å²) in [5.74, 6) is -0.924. The van der Waals surface area contributed by atoms with E-state index in [1.807, 2.05) is 0 Å². The topological polar surface area (TPSA) is 78.9 Å². The fourth-order valence-electron chi connectivity index (χ4n) is 8.79. The van der Waals surface area contributed by atoms with Gasteiger partial charge in [0.25, 0.3) is 0 Å². The Morgan fingerprint density at radius 2 is 0.536 bits per heavy atom. The number of carbonyl (C=O) groups is 3. The third-order valence-corrected chi connectivity index (χ3v) is 13.3. The van der Waals surface area contributed by atoms with Gasteiger partial charge in [-0.25, -0.2) is 0 Å². The lowest BCUT2D eigenvalue weighted by Crippen LogP contribution is -2.30. The Bertz CT molecular complexity index is 1200. The van der Waals surface area contributed by atoms with E-state index in [2.05, 4.69) is 69.4 Å². The van der Waals surface area contributed by atoms with Crippen LogP contribution < -0.4 is 0 Å². The molecule has 6 nitrogen and oxygen atoms in total. The van der Waals surface area contributed by atoms with E-state index >= 15 is 0 Å². The Balaban J connectivity index is 4.41. The van der Waals surface area contributed by atoms with Crippen molar-refractivity contribution in [1.82, 2.24) is 0 Å². The van der Waals surface area contributed by atoms with Crippen LogP contribution in [0.4, 0.5) is 0 Å². The molecule has 6 heteroatoms. The summed E-state index contributed by atoms with van der Waals surface area (Å²) >= 11 is 0. The van der Waals surface area contributed by atoms with Gasteiger partial charge < -0.3 is 14.2 Å². The molecule has 0 bridgehead atoms. The van der Waals surface area contributed by atoms with Crippen LogP contribution >= 0.6 is 0 Å². The molecule has 0 aromatic carbocycles. The van der Waals surface area contributed by atoms with Crippen LogP contribution in [0.2, 0.25) is 0 Å². The maximum absolute atomic E-state index is 12.9. The average Bonchev–Trinajstić information content (AvgIpc) is 3.35. The number of hydrogen-bond acceptors (Lipinski definition) is 6. The summed E-state index contributed by atoms with van der Waals surface area (Å²) < 4.78 is 16.9. The van der Waals surface area contributed by atoms with Crippen LogP contribution in [0.1, 0.15) is 316 Å². The monoisotopic (exact) mass is 967 g/mol. The van der Waals surface area contributed by atoms with Gasteiger partial charge in [0.05, 0.1) is 0 Å². The molecule has 0 aliphatic rings. The molecule has 0 saturated heterocycles. The van der Waals surface area contributed by atoms with Gasteiger partial charge in [0.15, 0.2) is 6.10 Å². The van der Waals surface area contributed by atoms with Crippen molar-refractivity contribution in [1.29, 1.82) is 0 Å². The molecule has 0 aliphatic carbocycles. The molecular formula is C63H114O6. The fourth-order valence-corrected chi connectivity index (χ4v) is 8.79. The second-order valence-corrected chi connectivity index (χ2v) is 20.3. The summed E-state index contributed by atoms with van der Waals surface area (Å²) in [5.41, 5.74) is 0. The Morgan fingerprint density at radius 1 is 0.290 bits per heavy atom. The Labute approximate surface area is 428 Å². The molecule has 0 spiro atoms. The first kappa shape index (κ1) is 66.4. The minimum atomic E-state index is -0.791. The van der Waals surface area contributed by atoms with E-state index in [0.717, 1.165) is 64.2 Å². The second kappa shape index (κ2) is 57.9. The summed E-state index contributed by atoms with van der Waals surface area (Å²) in [6, 6.07) is 0. The molecule has 0 N–H and O–H groups in total. The largest absolute Gasteiger partial charge is 0.462 e. The maximum Gasteiger partial charge on any atom is 0.306 e. The highest BCUT2D eigenvalue weighted by molar-refractivity contribution is 5.71. The molecule has 69 heavy (non-hydrogen) atoms. The number of hydrogen-bond donors (Lipinski definition) is 0. The Kier molecular flexibility index (Phi) is 55.7. The zero-order valence-electron chi connectivity index (χ0n) is 46.1. The zero-order valence-corrected chi connectivity index (χ0v) is 46.1. The SMILES string of the molecule is CCCCC/C=C/C/C=C/C/C=C/C/C=C/CCCC(=O)OC[C@@H](COC(=O)CCCCCCCCCCCCCCCCCCC)OC(=O)CCCCCCCCCCCCCCCCCCC. The lowest BCUT2D eigenvalue weighted by atomic mass is 10.0. The van der Waals surface area contributed by atoms with Crippen LogP contribution in [0.3, 0.4) is 0 Å². The molecular weight excluding hydrogens is 853 g/mol. The smallest absolute Gasteiger partial charge is 0.306 e. The Morgan fingerprint density at radius 3 is 0.870 bits per heavy atom. The molecule has 0 aliphatic heterocycles. The molecule has 402 valence electrons. The molecule has 0 saturated carbocycles. The zero-order chi connectivity index (χ0) is 50.0. The van der Waals surface area contributed by atoms with Crippen LogP contribution in [-0.4, -0.2) is 37.2 Å². The van der Waals surface area contributed by atoms with Crippen molar-refractivity contribution in [3.05, 3.63) is 48.6 Å². The fraction of sp³-hybridized carbons (Fsp3) is 0.825. The first-order valence-corrected chi connectivity index (χ1v) is 30.1. The Hall–Kier alpha value is -2.63. The van der Waals surface area contributed by atoms with Gasteiger partial charge in [-0.3, -0.25) is 14.4 Å². The van der Waals surface area contributed by atoms with E-state index in [0.29, 0.717) is 19.3 Å². The van der Waals surface area contributed by atoms with Crippen LogP contribution in [0.25, 0.3) is 0 Å². The molecule has 0 radical (unpaired) electrons. The molecule has 1 atom stereocenters. The van der Waals surface area contributed by atoms with Crippen LogP contribution in [0, 0.1) is 0 Å².